The monoisotopic (exact) mass is 316 g/mol. The lowest BCUT2D eigenvalue weighted by atomic mass is 10.3. The molecule has 0 amide bonds. The SMILES string of the molecule is CC(N)CCNS(=O)(=O)c1cccc(Cl)c1F.Cl. The predicted octanol–water partition coefficient (Wildman–Crippen LogP) is 1.92. The Labute approximate surface area is 117 Å². The number of hydrogen-bond acceptors (Lipinski definition) is 3. The Morgan fingerprint density at radius 1 is 1.50 bits per heavy atom. The van der Waals surface area contributed by atoms with Crippen LogP contribution in [0.2, 0.25) is 5.02 Å². The lowest BCUT2D eigenvalue weighted by molar-refractivity contribution is 0.551. The molecule has 0 aromatic heterocycles. The van der Waals surface area contributed by atoms with E-state index in [9.17, 15) is 12.8 Å². The van der Waals surface area contributed by atoms with E-state index in [2.05, 4.69) is 4.72 Å². The molecule has 1 unspecified atom stereocenters. The van der Waals surface area contributed by atoms with Crippen LogP contribution in [-0.4, -0.2) is 21.0 Å². The van der Waals surface area contributed by atoms with Crippen molar-refractivity contribution in [3.8, 4) is 0 Å². The van der Waals surface area contributed by atoms with E-state index >= 15 is 0 Å². The van der Waals surface area contributed by atoms with Crippen molar-refractivity contribution in [3.63, 3.8) is 0 Å². The van der Waals surface area contributed by atoms with Crippen LogP contribution in [0.5, 0.6) is 0 Å². The van der Waals surface area contributed by atoms with Gasteiger partial charge in [0, 0.05) is 12.6 Å². The summed E-state index contributed by atoms with van der Waals surface area (Å²) in [5.74, 6) is -0.942. The summed E-state index contributed by atoms with van der Waals surface area (Å²) >= 11 is 5.52. The number of hydrogen-bond donors (Lipinski definition) is 2. The first-order chi connectivity index (χ1) is 7.84. The Morgan fingerprint density at radius 3 is 2.67 bits per heavy atom. The van der Waals surface area contributed by atoms with Gasteiger partial charge in [-0.1, -0.05) is 17.7 Å². The summed E-state index contributed by atoms with van der Waals surface area (Å²) < 4.78 is 39.2. The van der Waals surface area contributed by atoms with E-state index in [1.807, 2.05) is 0 Å². The lowest BCUT2D eigenvalue weighted by Gasteiger charge is -2.09. The van der Waals surface area contributed by atoms with Gasteiger partial charge in [0.2, 0.25) is 10.0 Å². The van der Waals surface area contributed by atoms with Crippen LogP contribution >= 0.6 is 24.0 Å². The molecule has 0 aliphatic rings. The minimum absolute atomic E-state index is 0. The first kappa shape index (κ1) is 17.6. The van der Waals surface area contributed by atoms with Crippen LogP contribution in [0.25, 0.3) is 0 Å². The number of rotatable bonds is 5. The standard InChI is InChI=1S/C10H14ClFN2O2S.ClH/c1-7(13)5-6-14-17(15,16)9-4-2-3-8(11)10(9)12;/h2-4,7,14H,5-6,13H2,1H3;1H. The molecule has 3 N–H and O–H groups in total. The van der Waals surface area contributed by atoms with Crippen LogP contribution in [0.4, 0.5) is 4.39 Å². The lowest BCUT2D eigenvalue weighted by Crippen LogP contribution is -2.29. The van der Waals surface area contributed by atoms with Crippen molar-refractivity contribution in [3.05, 3.63) is 29.0 Å². The Balaban J connectivity index is 0.00000289. The van der Waals surface area contributed by atoms with Gasteiger partial charge >= 0.3 is 0 Å². The van der Waals surface area contributed by atoms with Crippen LogP contribution in [0.1, 0.15) is 13.3 Å². The highest BCUT2D eigenvalue weighted by Crippen LogP contribution is 2.21. The largest absolute Gasteiger partial charge is 0.328 e. The second-order valence-electron chi connectivity index (χ2n) is 3.72. The third-order valence-electron chi connectivity index (χ3n) is 2.10. The van der Waals surface area contributed by atoms with Crippen molar-refractivity contribution in [2.75, 3.05) is 6.54 Å². The third-order valence-corrected chi connectivity index (χ3v) is 3.87. The molecule has 0 saturated carbocycles. The number of halogens is 3. The third kappa shape index (κ3) is 4.70. The highest BCUT2D eigenvalue weighted by Gasteiger charge is 2.20. The van der Waals surface area contributed by atoms with Gasteiger partial charge in [-0.05, 0) is 25.5 Å². The predicted molar refractivity (Wildman–Crippen MR) is 72.1 cm³/mol. The van der Waals surface area contributed by atoms with E-state index < -0.39 is 20.7 Å². The summed E-state index contributed by atoms with van der Waals surface area (Å²) in [6.07, 6.45) is 0.474. The van der Waals surface area contributed by atoms with Gasteiger partial charge in [0.25, 0.3) is 0 Å². The second kappa shape index (κ2) is 7.25. The van der Waals surface area contributed by atoms with Crippen molar-refractivity contribution >= 4 is 34.0 Å². The van der Waals surface area contributed by atoms with E-state index in [-0.39, 0.29) is 30.0 Å². The maximum atomic E-state index is 13.5. The van der Waals surface area contributed by atoms with Crippen molar-refractivity contribution in [2.24, 2.45) is 5.73 Å². The van der Waals surface area contributed by atoms with Crippen LogP contribution in [0.3, 0.4) is 0 Å². The van der Waals surface area contributed by atoms with Gasteiger partial charge < -0.3 is 5.73 Å². The van der Waals surface area contributed by atoms with E-state index in [0.29, 0.717) is 6.42 Å². The molecule has 0 aliphatic carbocycles. The minimum Gasteiger partial charge on any atom is -0.328 e. The Bertz CT molecular complexity index is 495. The second-order valence-corrected chi connectivity index (χ2v) is 5.86. The molecule has 0 bridgehead atoms. The fourth-order valence-corrected chi connectivity index (χ4v) is 2.57. The normalized spacial score (nSPS) is 12.9. The Morgan fingerprint density at radius 2 is 2.11 bits per heavy atom. The first-order valence-corrected chi connectivity index (χ1v) is 6.90. The zero-order valence-corrected chi connectivity index (χ0v) is 12.1. The molecule has 8 heteroatoms. The maximum Gasteiger partial charge on any atom is 0.243 e. The molecule has 0 spiro atoms. The number of sulfonamides is 1. The molecular weight excluding hydrogens is 302 g/mol. The zero-order chi connectivity index (χ0) is 13.1. The summed E-state index contributed by atoms with van der Waals surface area (Å²) in [5, 5.41) is -0.222. The van der Waals surface area contributed by atoms with Gasteiger partial charge in [-0.2, -0.15) is 0 Å². The van der Waals surface area contributed by atoms with Crippen LogP contribution < -0.4 is 10.5 Å². The fraction of sp³-hybridized carbons (Fsp3) is 0.400. The number of nitrogens with one attached hydrogen (secondary N) is 1. The summed E-state index contributed by atoms with van der Waals surface area (Å²) in [6, 6.07) is 3.71. The molecule has 0 saturated heterocycles. The van der Waals surface area contributed by atoms with Crippen molar-refractivity contribution in [1.29, 1.82) is 0 Å². The molecule has 0 heterocycles. The van der Waals surface area contributed by atoms with E-state index in [4.69, 9.17) is 17.3 Å². The average molecular weight is 317 g/mol. The minimum atomic E-state index is -3.87. The van der Waals surface area contributed by atoms with E-state index in [1.54, 1.807) is 6.92 Å². The van der Waals surface area contributed by atoms with E-state index in [1.165, 1.54) is 12.1 Å². The van der Waals surface area contributed by atoms with Crippen molar-refractivity contribution < 1.29 is 12.8 Å². The van der Waals surface area contributed by atoms with Gasteiger partial charge in [-0.3, -0.25) is 0 Å². The van der Waals surface area contributed by atoms with Crippen LogP contribution in [0.15, 0.2) is 23.1 Å². The molecule has 1 rings (SSSR count). The first-order valence-electron chi connectivity index (χ1n) is 5.04. The Hall–Kier alpha value is -0.400. The average Bonchev–Trinajstić information content (AvgIpc) is 2.21. The van der Waals surface area contributed by atoms with Crippen molar-refractivity contribution in [1.82, 2.24) is 4.72 Å². The molecule has 0 aliphatic heterocycles. The number of nitrogens with two attached hydrogens (primary N) is 1. The maximum absolute atomic E-state index is 13.5. The summed E-state index contributed by atoms with van der Waals surface area (Å²) in [5.41, 5.74) is 5.48. The van der Waals surface area contributed by atoms with Crippen LogP contribution in [0, 0.1) is 5.82 Å². The van der Waals surface area contributed by atoms with Gasteiger partial charge in [0.15, 0.2) is 5.82 Å². The van der Waals surface area contributed by atoms with Crippen molar-refractivity contribution in [2.45, 2.75) is 24.3 Å². The van der Waals surface area contributed by atoms with E-state index in [0.717, 1.165) is 6.07 Å². The highest BCUT2D eigenvalue weighted by molar-refractivity contribution is 7.89. The van der Waals surface area contributed by atoms with Crippen LogP contribution in [-0.2, 0) is 10.0 Å². The summed E-state index contributed by atoms with van der Waals surface area (Å²) in [4.78, 5) is -0.449. The molecule has 18 heavy (non-hydrogen) atoms. The van der Waals surface area contributed by atoms with Gasteiger partial charge in [0.1, 0.15) is 4.90 Å². The summed E-state index contributed by atoms with van der Waals surface area (Å²) in [6.45, 7) is 1.92. The number of benzene rings is 1. The molecular formula is C10H15Cl2FN2O2S. The summed E-state index contributed by atoms with van der Waals surface area (Å²) in [7, 11) is -3.87. The quantitative estimate of drug-likeness (QED) is 0.871. The molecule has 104 valence electrons. The molecule has 0 fully saturated rings. The van der Waals surface area contributed by atoms with Gasteiger partial charge in [-0.15, -0.1) is 12.4 Å². The molecule has 1 atom stereocenters. The Kier molecular flexibility index (Phi) is 7.09. The molecule has 1 aromatic rings. The highest BCUT2D eigenvalue weighted by atomic mass is 35.5. The smallest absolute Gasteiger partial charge is 0.243 e. The topological polar surface area (TPSA) is 72.2 Å². The zero-order valence-electron chi connectivity index (χ0n) is 9.69. The van der Waals surface area contributed by atoms with Gasteiger partial charge in [-0.25, -0.2) is 17.5 Å². The fourth-order valence-electron chi connectivity index (χ4n) is 1.19. The van der Waals surface area contributed by atoms with Gasteiger partial charge in [0.05, 0.1) is 5.02 Å². The molecule has 1 aromatic carbocycles. The molecule has 4 nitrogen and oxygen atoms in total. The molecule has 0 radical (unpaired) electrons.